The first-order chi connectivity index (χ1) is 9.74. The van der Waals surface area contributed by atoms with E-state index in [1.165, 1.54) is 18.2 Å². The third-order valence-corrected chi connectivity index (χ3v) is 3.26. The van der Waals surface area contributed by atoms with E-state index in [9.17, 15) is 8.78 Å². The lowest BCUT2D eigenvalue weighted by atomic mass is 10.2. The van der Waals surface area contributed by atoms with Crippen LogP contribution in [0.4, 0.5) is 8.78 Å². The normalized spacial score (nSPS) is 14.3. The molecule has 1 aliphatic rings. The molecule has 0 radical (unpaired) electrons. The summed E-state index contributed by atoms with van der Waals surface area (Å²) >= 11 is 0. The van der Waals surface area contributed by atoms with E-state index in [-0.39, 0.29) is 11.5 Å². The Bertz CT molecular complexity index is 611. The summed E-state index contributed by atoms with van der Waals surface area (Å²) in [5, 5.41) is 3.30. The molecule has 1 saturated carbocycles. The van der Waals surface area contributed by atoms with Crippen LogP contribution in [-0.2, 0) is 6.54 Å². The minimum atomic E-state index is -0.503. The monoisotopic (exact) mass is 275 g/mol. The lowest BCUT2D eigenvalue weighted by Crippen LogP contribution is -2.16. The Labute approximate surface area is 116 Å². The molecule has 0 bridgehead atoms. The van der Waals surface area contributed by atoms with Crippen molar-refractivity contribution in [2.75, 3.05) is 0 Å². The summed E-state index contributed by atoms with van der Waals surface area (Å²) < 4.78 is 33.0. The van der Waals surface area contributed by atoms with Crippen LogP contribution in [-0.4, -0.2) is 6.04 Å². The van der Waals surface area contributed by atoms with Crippen molar-refractivity contribution in [3.8, 4) is 11.5 Å². The van der Waals surface area contributed by atoms with Crippen molar-refractivity contribution in [3.05, 3.63) is 59.7 Å². The van der Waals surface area contributed by atoms with Gasteiger partial charge < -0.3 is 10.1 Å². The van der Waals surface area contributed by atoms with Crippen LogP contribution in [0.1, 0.15) is 18.4 Å². The molecular formula is C16H15F2NO. The van der Waals surface area contributed by atoms with E-state index < -0.39 is 11.6 Å². The van der Waals surface area contributed by atoms with Gasteiger partial charge in [0.2, 0.25) is 0 Å². The lowest BCUT2D eigenvalue weighted by molar-refractivity contribution is 0.408. The van der Waals surface area contributed by atoms with Gasteiger partial charge in [0.25, 0.3) is 0 Å². The summed E-state index contributed by atoms with van der Waals surface area (Å²) in [6, 6.07) is 11.2. The molecule has 0 amide bonds. The molecule has 0 aromatic heterocycles. The minimum Gasteiger partial charge on any atom is -0.451 e. The van der Waals surface area contributed by atoms with E-state index in [1.807, 2.05) is 0 Å². The van der Waals surface area contributed by atoms with Gasteiger partial charge in [-0.1, -0.05) is 24.3 Å². The van der Waals surface area contributed by atoms with Gasteiger partial charge in [0.15, 0.2) is 23.1 Å². The highest BCUT2D eigenvalue weighted by atomic mass is 19.1. The number of halogens is 2. The predicted molar refractivity (Wildman–Crippen MR) is 72.7 cm³/mol. The maximum absolute atomic E-state index is 13.9. The molecule has 0 unspecified atom stereocenters. The molecule has 0 spiro atoms. The molecule has 2 nitrogen and oxygen atoms in total. The van der Waals surface area contributed by atoms with Gasteiger partial charge in [-0.05, 0) is 31.0 Å². The SMILES string of the molecule is Fc1ccccc1Oc1c(F)cccc1CNC1CC1. The average Bonchev–Trinajstić information content (AvgIpc) is 3.26. The standard InChI is InChI=1S/C16H15F2NO/c17-13-5-1-2-7-15(13)20-16-11(4-3-6-14(16)18)10-19-12-8-9-12/h1-7,12,19H,8-10H2. The first-order valence-corrected chi connectivity index (χ1v) is 6.67. The first-order valence-electron chi connectivity index (χ1n) is 6.67. The molecule has 2 aromatic carbocycles. The molecule has 2 aromatic rings. The molecule has 1 fully saturated rings. The van der Waals surface area contributed by atoms with Gasteiger partial charge in [0.1, 0.15) is 0 Å². The van der Waals surface area contributed by atoms with Crippen LogP contribution in [0.15, 0.2) is 42.5 Å². The Morgan fingerprint density at radius 1 is 1.00 bits per heavy atom. The summed E-state index contributed by atoms with van der Waals surface area (Å²) in [5.74, 6) is -0.865. The molecule has 20 heavy (non-hydrogen) atoms. The third-order valence-electron chi connectivity index (χ3n) is 3.26. The zero-order chi connectivity index (χ0) is 13.9. The number of para-hydroxylation sites is 2. The Balaban J connectivity index is 1.85. The Morgan fingerprint density at radius 3 is 2.50 bits per heavy atom. The van der Waals surface area contributed by atoms with Crippen molar-refractivity contribution >= 4 is 0 Å². The van der Waals surface area contributed by atoms with Crippen molar-refractivity contribution < 1.29 is 13.5 Å². The smallest absolute Gasteiger partial charge is 0.167 e. The lowest BCUT2D eigenvalue weighted by Gasteiger charge is -2.13. The van der Waals surface area contributed by atoms with Crippen molar-refractivity contribution in [3.63, 3.8) is 0 Å². The second kappa shape index (κ2) is 5.59. The van der Waals surface area contributed by atoms with E-state index in [2.05, 4.69) is 5.32 Å². The van der Waals surface area contributed by atoms with Gasteiger partial charge >= 0.3 is 0 Å². The predicted octanol–water partition coefficient (Wildman–Crippen LogP) is 4.01. The number of benzene rings is 2. The summed E-state index contributed by atoms with van der Waals surface area (Å²) in [4.78, 5) is 0. The molecule has 0 heterocycles. The van der Waals surface area contributed by atoms with E-state index in [4.69, 9.17) is 4.74 Å². The quantitative estimate of drug-likeness (QED) is 0.890. The number of hydrogen-bond acceptors (Lipinski definition) is 2. The van der Waals surface area contributed by atoms with Crippen LogP contribution in [0.25, 0.3) is 0 Å². The topological polar surface area (TPSA) is 21.3 Å². The Hall–Kier alpha value is -1.94. The molecule has 1 N–H and O–H groups in total. The average molecular weight is 275 g/mol. The highest BCUT2D eigenvalue weighted by Crippen LogP contribution is 2.30. The fraction of sp³-hybridized carbons (Fsp3) is 0.250. The van der Waals surface area contributed by atoms with Crippen LogP contribution in [0.2, 0.25) is 0 Å². The van der Waals surface area contributed by atoms with E-state index >= 15 is 0 Å². The fourth-order valence-electron chi connectivity index (χ4n) is 1.99. The van der Waals surface area contributed by atoms with Gasteiger partial charge in [-0.2, -0.15) is 0 Å². The molecular weight excluding hydrogens is 260 g/mol. The zero-order valence-electron chi connectivity index (χ0n) is 10.9. The second-order valence-electron chi connectivity index (χ2n) is 4.92. The van der Waals surface area contributed by atoms with Crippen LogP contribution >= 0.6 is 0 Å². The van der Waals surface area contributed by atoms with Crippen LogP contribution in [0, 0.1) is 11.6 Å². The van der Waals surface area contributed by atoms with Gasteiger partial charge in [-0.25, -0.2) is 8.78 Å². The Kier molecular flexibility index (Phi) is 3.65. The summed E-state index contributed by atoms with van der Waals surface area (Å²) in [5.41, 5.74) is 0.695. The molecule has 1 aliphatic carbocycles. The highest BCUT2D eigenvalue weighted by molar-refractivity contribution is 5.39. The first kappa shape index (κ1) is 13.1. The van der Waals surface area contributed by atoms with Crippen molar-refractivity contribution in [2.45, 2.75) is 25.4 Å². The summed E-state index contributed by atoms with van der Waals surface area (Å²) in [6.07, 6.45) is 2.30. The molecule has 3 rings (SSSR count). The Morgan fingerprint density at radius 2 is 1.75 bits per heavy atom. The zero-order valence-corrected chi connectivity index (χ0v) is 10.9. The largest absolute Gasteiger partial charge is 0.451 e. The third kappa shape index (κ3) is 2.96. The minimum absolute atomic E-state index is 0.0327. The number of rotatable bonds is 5. The van der Waals surface area contributed by atoms with Crippen LogP contribution in [0.3, 0.4) is 0 Å². The summed E-state index contributed by atoms with van der Waals surface area (Å²) in [6.45, 7) is 0.520. The number of nitrogens with one attached hydrogen (secondary N) is 1. The van der Waals surface area contributed by atoms with Gasteiger partial charge in [0.05, 0.1) is 0 Å². The maximum Gasteiger partial charge on any atom is 0.167 e. The molecule has 0 atom stereocenters. The molecule has 0 aliphatic heterocycles. The fourth-order valence-corrected chi connectivity index (χ4v) is 1.99. The van der Waals surface area contributed by atoms with Crippen molar-refractivity contribution in [1.29, 1.82) is 0 Å². The van der Waals surface area contributed by atoms with Gasteiger partial charge in [0, 0.05) is 18.2 Å². The van der Waals surface area contributed by atoms with E-state index in [0.29, 0.717) is 18.2 Å². The number of hydrogen-bond donors (Lipinski definition) is 1. The van der Waals surface area contributed by atoms with Crippen molar-refractivity contribution in [2.24, 2.45) is 0 Å². The molecule has 4 heteroatoms. The molecule has 104 valence electrons. The van der Waals surface area contributed by atoms with Crippen LogP contribution in [0.5, 0.6) is 11.5 Å². The van der Waals surface area contributed by atoms with Gasteiger partial charge in [-0.15, -0.1) is 0 Å². The maximum atomic E-state index is 13.9. The molecule has 0 saturated heterocycles. The van der Waals surface area contributed by atoms with Crippen molar-refractivity contribution in [1.82, 2.24) is 5.32 Å². The summed E-state index contributed by atoms with van der Waals surface area (Å²) in [7, 11) is 0. The van der Waals surface area contributed by atoms with Crippen LogP contribution < -0.4 is 10.1 Å². The highest BCUT2D eigenvalue weighted by Gasteiger charge is 2.21. The van der Waals surface area contributed by atoms with E-state index in [0.717, 1.165) is 12.8 Å². The second-order valence-corrected chi connectivity index (χ2v) is 4.92. The van der Waals surface area contributed by atoms with E-state index in [1.54, 1.807) is 24.3 Å². The van der Waals surface area contributed by atoms with Gasteiger partial charge in [-0.3, -0.25) is 0 Å². The number of ether oxygens (including phenoxy) is 1.